The van der Waals surface area contributed by atoms with Gasteiger partial charge in [0.15, 0.2) is 0 Å². The highest BCUT2D eigenvalue weighted by Crippen LogP contribution is 2.31. The molecule has 0 radical (unpaired) electrons. The van der Waals surface area contributed by atoms with Crippen molar-refractivity contribution in [2.75, 3.05) is 13.1 Å². The Hall–Kier alpha value is -0.570. The first-order chi connectivity index (χ1) is 6.27. The van der Waals surface area contributed by atoms with Gasteiger partial charge in [-0.15, -0.1) is 0 Å². The van der Waals surface area contributed by atoms with Crippen LogP contribution in [0.15, 0.2) is 0 Å². The minimum absolute atomic E-state index is 0.0132. The predicted octanol–water partition coefficient (Wildman–Crippen LogP) is 0.888. The van der Waals surface area contributed by atoms with Crippen molar-refractivity contribution in [2.24, 2.45) is 17.6 Å². The molecule has 0 aromatic carbocycles. The van der Waals surface area contributed by atoms with Crippen molar-refractivity contribution in [3.05, 3.63) is 0 Å². The molecule has 0 bridgehead atoms. The van der Waals surface area contributed by atoms with Gasteiger partial charge in [-0.3, -0.25) is 4.79 Å². The van der Waals surface area contributed by atoms with Gasteiger partial charge in [0.05, 0.1) is 0 Å². The van der Waals surface area contributed by atoms with Crippen LogP contribution in [0.25, 0.3) is 0 Å². The second-order valence-corrected chi connectivity index (χ2v) is 3.86. The van der Waals surface area contributed by atoms with Gasteiger partial charge in [-0.05, 0) is 18.8 Å². The fourth-order valence-electron chi connectivity index (χ4n) is 1.41. The lowest BCUT2D eigenvalue weighted by Gasteiger charge is -2.12. The fourth-order valence-corrected chi connectivity index (χ4v) is 1.41. The molecular formula is C10H20N2O. The Morgan fingerprint density at radius 1 is 1.62 bits per heavy atom. The lowest BCUT2D eigenvalue weighted by molar-refractivity contribution is -0.124. The van der Waals surface area contributed by atoms with Gasteiger partial charge in [0.25, 0.3) is 0 Å². The van der Waals surface area contributed by atoms with Crippen LogP contribution in [0.3, 0.4) is 0 Å². The van der Waals surface area contributed by atoms with Gasteiger partial charge in [-0.25, -0.2) is 0 Å². The molecule has 76 valence electrons. The van der Waals surface area contributed by atoms with Crippen LogP contribution in [0.5, 0.6) is 0 Å². The van der Waals surface area contributed by atoms with E-state index >= 15 is 0 Å². The number of carbonyl (C=O) groups excluding carboxylic acids is 1. The van der Waals surface area contributed by atoms with E-state index < -0.39 is 0 Å². The molecule has 1 aliphatic carbocycles. The Kier molecular flexibility index (Phi) is 4.22. The summed E-state index contributed by atoms with van der Waals surface area (Å²) in [5.41, 5.74) is 5.47. The van der Waals surface area contributed by atoms with Crippen LogP contribution in [0, 0.1) is 11.8 Å². The second-order valence-electron chi connectivity index (χ2n) is 3.86. The molecule has 0 aromatic rings. The number of rotatable bonds is 6. The van der Waals surface area contributed by atoms with Crippen molar-refractivity contribution in [3.8, 4) is 0 Å². The van der Waals surface area contributed by atoms with E-state index in [1.165, 1.54) is 12.8 Å². The smallest absolute Gasteiger partial charge is 0.224 e. The summed E-state index contributed by atoms with van der Waals surface area (Å²) in [5.74, 6) is 1.03. The van der Waals surface area contributed by atoms with Crippen molar-refractivity contribution in [1.29, 1.82) is 0 Å². The van der Waals surface area contributed by atoms with Gasteiger partial charge in [-0.2, -0.15) is 0 Å². The Labute approximate surface area is 80.1 Å². The Morgan fingerprint density at radius 2 is 2.31 bits per heavy atom. The lowest BCUT2D eigenvalue weighted by Crippen LogP contribution is -2.35. The lowest BCUT2D eigenvalue weighted by atomic mass is 10.1. The van der Waals surface area contributed by atoms with E-state index in [1.54, 1.807) is 0 Å². The standard InChI is InChI=1S/C10H20N2O/c1-2-9(7-11)10(13)12-6-5-8-3-4-8/h8-9H,2-7,11H2,1H3,(H,12,13). The third-order valence-corrected chi connectivity index (χ3v) is 2.70. The van der Waals surface area contributed by atoms with E-state index in [4.69, 9.17) is 5.73 Å². The summed E-state index contributed by atoms with van der Waals surface area (Å²) in [6, 6.07) is 0. The second kappa shape index (κ2) is 5.22. The van der Waals surface area contributed by atoms with E-state index in [0.717, 1.165) is 25.3 Å². The minimum atomic E-state index is 0.0132. The van der Waals surface area contributed by atoms with Crippen LogP contribution in [-0.4, -0.2) is 19.0 Å². The summed E-state index contributed by atoms with van der Waals surface area (Å²) < 4.78 is 0. The number of nitrogens with one attached hydrogen (secondary N) is 1. The zero-order chi connectivity index (χ0) is 9.68. The van der Waals surface area contributed by atoms with Crippen LogP contribution < -0.4 is 11.1 Å². The summed E-state index contributed by atoms with van der Waals surface area (Å²) in [4.78, 5) is 11.4. The van der Waals surface area contributed by atoms with Gasteiger partial charge < -0.3 is 11.1 Å². The molecular weight excluding hydrogens is 164 g/mol. The third kappa shape index (κ3) is 3.77. The fraction of sp³-hybridized carbons (Fsp3) is 0.900. The van der Waals surface area contributed by atoms with E-state index in [9.17, 15) is 4.79 Å². The molecule has 1 fully saturated rings. The number of amides is 1. The number of nitrogens with two attached hydrogens (primary N) is 1. The van der Waals surface area contributed by atoms with Gasteiger partial charge >= 0.3 is 0 Å². The molecule has 1 amide bonds. The van der Waals surface area contributed by atoms with E-state index in [0.29, 0.717) is 6.54 Å². The van der Waals surface area contributed by atoms with Crippen molar-refractivity contribution in [3.63, 3.8) is 0 Å². The molecule has 1 aliphatic rings. The molecule has 0 spiro atoms. The van der Waals surface area contributed by atoms with Gasteiger partial charge in [0, 0.05) is 19.0 Å². The molecule has 13 heavy (non-hydrogen) atoms. The number of hydrogen-bond donors (Lipinski definition) is 2. The molecule has 1 unspecified atom stereocenters. The van der Waals surface area contributed by atoms with Crippen LogP contribution in [-0.2, 0) is 4.79 Å². The number of hydrogen-bond acceptors (Lipinski definition) is 2. The van der Waals surface area contributed by atoms with E-state index in [-0.39, 0.29) is 11.8 Å². The topological polar surface area (TPSA) is 55.1 Å². The Bertz CT molecular complexity index is 162. The molecule has 1 saturated carbocycles. The molecule has 0 heterocycles. The highest BCUT2D eigenvalue weighted by molar-refractivity contribution is 5.78. The highest BCUT2D eigenvalue weighted by Gasteiger charge is 2.21. The quantitative estimate of drug-likeness (QED) is 0.644. The highest BCUT2D eigenvalue weighted by atomic mass is 16.1. The summed E-state index contributed by atoms with van der Waals surface area (Å²) >= 11 is 0. The van der Waals surface area contributed by atoms with Crippen molar-refractivity contribution in [2.45, 2.75) is 32.6 Å². The normalized spacial score (nSPS) is 18.3. The zero-order valence-corrected chi connectivity index (χ0v) is 8.38. The largest absolute Gasteiger partial charge is 0.356 e. The third-order valence-electron chi connectivity index (χ3n) is 2.70. The summed E-state index contributed by atoms with van der Waals surface area (Å²) in [6.07, 6.45) is 4.69. The van der Waals surface area contributed by atoms with Crippen molar-refractivity contribution >= 4 is 5.91 Å². The summed E-state index contributed by atoms with van der Waals surface area (Å²) in [5, 5.41) is 2.94. The molecule has 1 rings (SSSR count). The van der Waals surface area contributed by atoms with Gasteiger partial charge in [-0.1, -0.05) is 19.8 Å². The van der Waals surface area contributed by atoms with Crippen LogP contribution in [0.2, 0.25) is 0 Å². The van der Waals surface area contributed by atoms with Crippen LogP contribution in [0.4, 0.5) is 0 Å². The molecule has 0 saturated heterocycles. The molecule has 3 nitrogen and oxygen atoms in total. The summed E-state index contributed by atoms with van der Waals surface area (Å²) in [6.45, 7) is 3.30. The van der Waals surface area contributed by atoms with Gasteiger partial charge in [0.1, 0.15) is 0 Å². The zero-order valence-electron chi connectivity index (χ0n) is 8.38. The minimum Gasteiger partial charge on any atom is -0.356 e. The van der Waals surface area contributed by atoms with Crippen LogP contribution in [0.1, 0.15) is 32.6 Å². The first-order valence-corrected chi connectivity index (χ1v) is 5.25. The Balaban J connectivity index is 2.07. The van der Waals surface area contributed by atoms with Crippen molar-refractivity contribution < 1.29 is 4.79 Å². The maximum Gasteiger partial charge on any atom is 0.224 e. The molecule has 0 aliphatic heterocycles. The maximum absolute atomic E-state index is 11.4. The SMILES string of the molecule is CCC(CN)C(=O)NCCC1CC1. The molecule has 0 aromatic heterocycles. The van der Waals surface area contributed by atoms with E-state index in [2.05, 4.69) is 5.32 Å². The molecule has 3 heteroatoms. The summed E-state index contributed by atoms with van der Waals surface area (Å²) in [7, 11) is 0. The van der Waals surface area contributed by atoms with Gasteiger partial charge in [0.2, 0.25) is 5.91 Å². The first-order valence-electron chi connectivity index (χ1n) is 5.25. The Morgan fingerprint density at radius 3 is 2.77 bits per heavy atom. The van der Waals surface area contributed by atoms with E-state index in [1.807, 2.05) is 6.92 Å². The molecule has 1 atom stereocenters. The predicted molar refractivity (Wildman–Crippen MR) is 53.2 cm³/mol. The monoisotopic (exact) mass is 184 g/mol. The average Bonchev–Trinajstić information content (AvgIpc) is 2.90. The van der Waals surface area contributed by atoms with Crippen molar-refractivity contribution in [1.82, 2.24) is 5.32 Å². The molecule has 3 N–H and O–H groups in total. The first kappa shape index (κ1) is 10.5. The number of carbonyl (C=O) groups is 1. The maximum atomic E-state index is 11.4. The van der Waals surface area contributed by atoms with Crippen LogP contribution >= 0.6 is 0 Å². The average molecular weight is 184 g/mol.